The van der Waals surface area contributed by atoms with Crippen LogP contribution in [0.2, 0.25) is 0 Å². The Morgan fingerprint density at radius 1 is 1.07 bits per heavy atom. The SMILES string of the molecule is CCc1ccc(N2CC(C(=O)NCC34CC5CC(CC(C5)C3)C4)CC2=O)cc1. The fraction of sp³-hybridized carbons (Fsp3) is 0.667. The van der Waals surface area contributed by atoms with Gasteiger partial charge in [0, 0.05) is 25.2 Å². The van der Waals surface area contributed by atoms with Gasteiger partial charge >= 0.3 is 0 Å². The van der Waals surface area contributed by atoms with Crippen LogP contribution in [0, 0.1) is 29.1 Å². The summed E-state index contributed by atoms with van der Waals surface area (Å²) >= 11 is 0. The van der Waals surface area contributed by atoms with E-state index in [0.717, 1.165) is 36.4 Å². The fourth-order valence-electron chi connectivity index (χ4n) is 6.97. The first-order chi connectivity index (χ1) is 13.5. The summed E-state index contributed by atoms with van der Waals surface area (Å²) in [6, 6.07) is 8.16. The third-order valence-corrected chi connectivity index (χ3v) is 7.95. The van der Waals surface area contributed by atoms with Crippen molar-refractivity contribution in [3.8, 4) is 0 Å². The van der Waals surface area contributed by atoms with Gasteiger partial charge in [0.2, 0.25) is 11.8 Å². The number of hydrogen-bond donors (Lipinski definition) is 1. The van der Waals surface area contributed by atoms with E-state index in [0.29, 0.717) is 18.4 Å². The summed E-state index contributed by atoms with van der Waals surface area (Å²) in [5, 5.41) is 3.27. The predicted octanol–water partition coefficient (Wildman–Crippen LogP) is 3.93. The molecule has 4 bridgehead atoms. The highest BCUT2D eigenvalue weighted by atomic mass is 16.2. The maximum atomic E-state index is 12.9. The van der Waals surface area contributed by atoms with Crippen LogP contribution in [0.4, 0.5) is 5.69 Å². The molecule has 0 radical (unpaired) electrons. The summed E-state index contributed by atoms with van der Waals surface area (Å²) < 4.78 is 0. The average molecular weight is 381 g/mol. The summed E-state index contributed by atoms with van der Waals surface area (Å²) in [5.74, 6) is 2.64. The third-order valence-electron chi connectivity index (χ3n) is 7.95. The van der Waals surface area contributed by atoms with Crippen LogP contribution in [0.25, 0.3) is 0 Å². The second-order valence-electron chi connectivity index (χ2n) is 10.1. The highest BCUT2D eigenvalue weighted by molar-refractivity contribution is 6.00. The summed E-state index contributed by atoms with van der Waals surface area (Å²) in [6.45, 7) is 3.46. The summed E-state index contributed by atoms with van der Waals surface area (Å²) in [5.41, 5.74) is 2.53. The minimum Gasteiger partial charge on any atom is -0.355 e. The van der Waals surface area contributed by atoms with Crippen molar-refractivity contribution in [2.45, 2.75) is 58.3 Å². The Morgan fingerprint density at radius 3 is 2.25 bits per heavy atom. The summed E-state index contributed by atoms with van der Waals surface area (Å²) in [6.07, 6.45) is 9.52. The smallest absolute Gasteiger partial charge is 0.227 e. The largest absolute Gasteiger partial charge is 0.355 e. The van der Waals surface area contributed by atoms with Crippen LogP contribution in [0.1, 0.15) is 57.4 Å². The van der Waals surface area contributed by atoms with Crippen LogP contribution in [-0.2, 0) is 16.0 Å². The molecule has 1 N–H and O–H groups in total. The molecule has 5 aliphatic rings. The molecule has 1 saturated heterocycles. The Bertz CT molecular complexity index is 734. The number of anilines is 1. The monoisotopic (exact) mass is 380 g/mol. The highest BCUT2D eigenvalue weighted by Crippen LogP contribution is 2.59. The Morgan fingerprint density at radius 2 is 1.68 bits per heavy atom. The maximum absolute atomic E-state index is 12.9. The van der Waals surface area contributed by atoms with Crippen molar-refractivity contribution in [3.63, 3.8) is 0 Å². The number of nitrogens with one attached hydrogen (secondary N) is 1. The molecule has 0 aromatic heterocycles. The van der Waals surface area contributed by atoms with E-state index in [1.54, 1.807) is 4.90 Å². The molecule has 28 heavy (non-hydrogen) atoms. The lowest BCUT2D eigenvalue weighted by molar-refractivity contribution is -0.128. The normalized spacial score (nSPS) is 36.2. The minimum absolute atomic E-state index is 0.0687. The molecule has 150 valence electrons. The van der Waals surface area contributed by atoms with E-state index in [1.165, 1.54) is 44.1 Å². The van der Waals surface area contributed by atoms with Crippen LogP contribution in [0.15, 0.2) is 24.3 Å². The van der Waals surface area contributed by atoms with Gasteiger partial charge in [-0.05, 0) is 85.8 Å². The molecule has 4 heteroatoms. The number of nitrogens with zero attached hydrogens (tertiary/aromatic N) is 1. The minimum atomic E-state index is -0.215. The van der Waals surface area contributed by atoms with E-state index >= 15 is 0 Å². The van der Waals surface area contributed by atoms with Gasteiger partial charge in [0.25, 0.3) is 0 Å². The molecule has 0 spiro atoms. The van der Waals surface area contributed by atoms with Crippen molar-refractivity contribution >= 4 is 17.5 Å². The fourth-order valence-corrected chi connectivity index (χ4v) is 6.97. The molecule has 1 aromatic rings. The van der Waals surface area contributed by atoms with E-state index in [4.69, 9.17) is 0 Å². The first-order valence-electron chi connectivity index (χ1n) is 11.2. The van der Waals surface area contributed by atoms with E-state index in [1.807, 2.05) is 12.1 Å². The molecule has 5 fully saturated rings. The van der Waals surface area contributed by atoms with Crippen molar-refractivity contribution in [2.75, 3.05) is 18.0 Å². The number of aryl methyl sites for hydroxylation is 1. The Labute approximate surface area is 168 Å². The molecule has 1 aliphatic heterocycles. The van der Waals surface area contributed by atoms with Gasteiger partial charge in [0.1, 0.15) is 0 Å². The second kappa shape index (κ2) is 6.89. The van der Waals surface area contributed by atoms with Gasteiger partial charge in [0.15, 0.2) is 0 Å². The molecule has 6 rings (SSSR count). The maximum Gasteiger partial charge on any atom is 0.227 e. The van der Waals surface area contributed by atoms with Crippen LogP contribution in [0.3, 0.4) is 0 Å². The first kappa shape index (κ1) is 18.2. The van der Waals surface area contributed by atoms with Gasteiger partial charge in [-0.25, -0.2) is 0 Å². The van der Waals surface area contributed by atoms with Crippen LogP contribution < -0.4 is 10.2 Å². The van der Waals surface area contributed by atoms with Crippen LogP contribution >= 0.6 is 0 Å². The summed E-state index contributed by atoms with van der Waals surface area (Å²) in [7, 11) is 0. The van der Waals surface area contributed by atoms with E-state index in [-0.39, 0.29) is 17.7 Å². The molecule has 4 saturated carbocycles. The Kier molecular flexibility index (Phi) is 4.48. The van der Waals surface area contributed by atoms with E-state index in [2.05, 4.69) is 24.4 Å². The lowest BCUT2D eigenvalue weighted by Gasteiger charge is -2.57. The predicted molar refractivity (Wildman–Crippen MR) is 110 cm³/mol. The topological polar surface area (TPSA) is 49.4 Å². The first-order valence-corrected chi connectivity index (χ1v) is 11.2. The molecule has 1 unspecified atom stereocenters. The molecular weight excluding hydrogens is 348 g/mol. The number of carbonyl (C=O) groups is 2. The van der Waals surface area contributed by atoms with Gasteiger partial charge in [0.05, 0.1) is 5.92 Å². The Balaban J connectivity index is 1.20. The zero-order valence-electron chi connectivity index (χ0n) is 17.0. The lowest BCUT2D eigenvalue weighted by atomic mass is 9.49. The van der Waals surface area contributed by atoms with Crippen molar-refractivity contribution in [1.29, 1.82) is 0 Å². The Hall–Kier alpha value is -1.84. The molecule has 1 heterocycles. The molecule has 4 nitrogen and oxygen atoms in total. The highest BCUT2D eigenvalue weighted by Gasteiger charge is 2.51. The molecular formula is C24H32N2O2. The second-order valence-corrected chi connectivity index (χ2v) is 10.1. The zero-order chi connectivity index (χ0) is 19.3. The van der Waals surface area contributed by atoms with E-state index < -0.39 is 0 Å². The molecule has 4 aliphatic carbocycles. The number of benzene rings is 1. The number of rotatable bonds is 5. The number of hydrogen-bond acceptors (Lipinski definition) is 2. The van der Waals surface area contributed by atoms with Crippen molar-refractivity contribution < 1.29 is 9.59 Å². The average Bonchev–Trinajstić information content (AvgIpc) is 3.07. The van der Waals surface area contributed by atoms with Crippen LogP contribution in [-0.4, -0.2) is 24.9 Å². The van der Waals surface area contributed by atoms with Crippen molar-refractivity contribution in [1.82, 2.24) is 5.32 Å². The number of carbonyl (C=O) groups excluding carboxylic acids is 2. The molecule has 1 aromatic carbocycles. The third kappa shape index (κ3) is 3.25. The van der Waals surface area contributed by atoms with Gasteiger partial charge in [-0.1, -0.05) is 19.1 Å². The van der Waals surface area contributed by atoms with Gasteiger partial charge in [-0.2, -0.15) is 0 Å². The summed E-state index contributed by atoms with van der Waals surface area (Å²) in [4.78, 5) is 27.2. The van der Waals surface area contributed by atoms with E-state index in [9.17, 15) is 9.59 Å². The van der Waals surface area contributed by atoms with Crippen molar-refractivity contribution in [2.24, 2.45) is 29.1 Å². The van der Waals surface area contributed by atoms with Crippen molar-refractivity contribution in [3.05, 3.63) is 29.8 Å². The van der Waals surface area contributed by atoms with Gasteiger partial charge in [-0.3, -0.25) is 9.59 Å². The van der Waals surface area contributed by atoms with Gasteiger partial charge < -0.3 is 10.2 Å². The standard InChI is InChI=1S/C24H32N2O2/c1-2-16-3-5-21(6-4-16)26-14-20(10-22(26)27)23(28)25-15-24-11-17-7-18(12-24)9-19(8-17)13-24/h3-6,17-20H,2,7-15H2,1H3,(H,25,28). The lowest BCUT2D eigenvalue weighted by Crippen LogP contribution is -2.51. The molecule has 2 amide bonds. The molecule has 1 atom stereocenters. The van der Waals surface area contributed by atoms with Gasteiger partial charge in [-0.15, -0.1) is 0 Å². The zero-order valence-corrected chi connectivity index (χ0v) is 17.0. The van der Waals surface area contributed by atoms with Crippen LogP contribution in [0.5, 0.6) is 0 Å². The number of amides is 2. The quantitative estimate of drug-likeness (QED) is 0.841.